The zero-order valence-corrected chi connectivity index (χ0v) is 12.0. The Morgan fingerprint density at radius 1 is 0.875 bits per heavy atom. The van der Waals surface area contributed by atoms with Gasteiger partial charge in [-0.15, -0.1) is 0 Å². The standard InChI is InChI=1S/C15H33N/c1-5-7-8-9-10-11-12-16-15(4)13-14(3)6-2/h14-16H,5-13H2,1-4H3. The van der Waals surface area contributed by atoms with Crippen molar-refractivity contribution in [3.05, 3.63) is 0 Å². The van der Waals surface area contributed by atoms with Gasteiger partial charge in [0.25, 0.3) is 0 Å². The normalized spacial score (nSPS) is 15.0. The van der Waals surface area contributed by atoms with Crippen molar-refractivity contribution >= 4 is 0 Å². The van der Waals surface area contributed by atoms with E-state index >= 15 is 0 Å². The van der Waals surface area contributed by atoms with E-state index < -0.39 is 0 Å². The van der Waals surface area contributed by atoms with Crippen LogP contribution in [0.25, 0.3) is 0 Å². The number of hydrogen-bond donors (Lipinski definition) is 1. The Kier molecular flexibility index (Phi) is 11.4. The van der Waals surface area contributed by atoms with Crippen LogP contribution in [0.1, 0.15) is 79.1 Å². The van der Waals surface area contributed by atoms with E-state index in [-0.39, 0.29) is 0 Å². The molecule has 16 heavy (non-hydrogen) atoms. The maximum absolute atomic E-state index is 3.64. The van der Waals surface area contributed by atoms with E-state index in [1.54, 1.807) is 0 Å². The molecule has 0 aromatic carbocycles. The van der Waals surface area contributed by atoms with Gasteiger partial charge in [0.1, 0.15) is 0 Å². The third kappa shape index (κ3) is 10.5. The van der Waals surface area contributed by atoms with Crippen LogP contribution >= 0.6 is 0 Å². The number of unbranched alkanes of at least 4 members (excludes halogenated alkanes) is 5. The molecule has 0 aromatic rings. The molecular formula is C15H33N. The number of hydrogen-bond acceptors (Lipinski definition) is 1. The lowest BCUT2D eigenvalue weighted by Gasteiger charge is -2.17. The zero-order chi connectivity index (χ0) is 12.2. The summed E-state index contributed by atoms with van der Waals surface area (Å²) in [5.74, 6) is 0.868. The molecule has 2 unspecified atom stereocenters. The summed E-state index contributed by atoms with van der Waals surface area (Å²) in [5, 5.41) is 3.64. The van der Waals surface area contributed by atoms with E-state index in [2.05, 4.69) is 33.0 Å². The van der Waals surface area contributed by atoms with Gasteiger partial charge in [-0.05, 0) is 32.2 Å². The topological polar surface area (TPSA) is 12.0 Å². The van der Waals surface area contributed by atoms with Gasteiger partial charge in [-0.1, -0.05) is 59.3 Å². The van der Waals surface area contributed by atoms with Gasteiger partial charge in [-0.2, -0.15) is 0 Å². The van der Waals surface area contributed by atoms with Crippen molar-refractivity contribution < 1.29 is 0 Å². The SMILES string of the molecule is CCCCCCCCNC(C)CC(C)CC. The van der Waals surface area contributed by atoms with Crippen LogP contribution in [-0.4, -0.2) is 12.6 Å². The van der Waals surface area contributed by atoms with Crippen molar-refractivity contribution in [3.8, 4) is 0 Å². The van der Waals surface area contributed by atoms with E-state index in [1.807, 2.05) is 0 Å². The molecule has 0 amide bonds. The Morgan fingerprint density at radius 2 is 1.50 bits per heavy atom. The summed E-state index contributed by atoms with van der Waals surface area (Å²) in [6, 6.07) is 0.700. The summed E-state index contributed by atoms with van der Waals surface area (Å²) in [5.41, 5.74) is 0. The molecule has 0 radical (unpaired) electrons. The molecule has 0 saturated heterocycles. The van der Waals surface area contributed by atoms with Gasteiger partial charge < -0.3 is 5.32 Å². The van der Waals surface area contributed by atoms with E-state index in [0.29, 0.717) is 6.04 Å². The number of nitrogens with one attached hydrogen (secondary N) is 1. The van der Waals surface area contributed by atoms with Crippen molar-refractivity contribution in [1.29, 1.82) is 0 Å². The summed E-state index contributed by atoms with van der Waals surface area (Å²) in [4.78, 5) is 0. The van der Waals surface area contributed by atoms with Crippen LogP contribution in [0.4, 0.5) is 0 Å². The summed E-state index contributed by atoms with van der Waals surface area (Å²) < 4.78 is 0. The van der Waals surface area contributed by atoms with Crippen LogP contribution < -0.4 is 5.32 Å². The molecule has 0 spiro atoms. The van der Waals surface area contributed by atoms with Crippen LogP contribution in [0.15, 0.2) is 0 Å². The molecule has 0 aliphatic rings. The second kappa shape index (κ2) is 11.4. The van der Waals surface area contributed by atoms with Crippen LogP contribution in [0.2, 0.25) is 0 Å². The Hall–Kier alpha value is -0.0400. The first kappa shape index (κ1) is 16.0. The Morgan fingerprint density at radius 3 is 2.12 bits per heavy atom. The van der Waals surface area contributed by atoms with Gasteiger partial charge in [0.05, 0.1) is 0 Å². The van der Waals surface area contributed by atoms with Crippen molar-refractivity contribution in [2.45, 2.75) is 85.1 Å². The van der Waals surface area contributed by atoms with Crippen molar-refractivity contribution in [2.75, 3.05) is 6.54 Å². The minimum Gasteiger partial charge on any atom is -0.314 e. The summed E-state index contributed by atoms with van der Waals surface area (Å²) in [6.07, 6.45) is 11.0. The quantitative estimate of drug-likeness (QED) is 0.502. The fourth-order valence-electron chi connectivity index (χ4n) is 2.11. The van der Waals surface area contributed by atoms with Crippen molar-refractivity contribution in [3.63, 3.8) is 0 Å². The molecule has 98 valence electrons. The first-order valence-corrected chi connectivity index (χ1v) is 7.44. The fourth-order valence-corrected chi connectivity index (χ4v) is 2.11. The van der Waals surface area contributed by atoms with Gasteiger partial charge in [0.2, 0.25) is 0 Å². The Balaban J connectivity index is 3.18. The summed E-state index contributed by atoms with van der Waals surface area (Å²) >= 11 is 0. The summed E-state index contributed by atoms with van der Waals surface area (Å²) in [7, 11) is 0. The molecule has 0 aliphatic heterocycles. The molecule has 0 fully saturated rings. The highest BCUT2D eigenvalue weighted by atomic mass is 14.9. The highest BCUT2D eigenvalue weighted by Gasteiger charge is 2.05. The summed E-state index contributed by atoms with van der Waals surface area (Å²) in [6.45, 7) is 10.4. The van der Waals surface area contributed by atoms with Crippen LogP contribution in [0.3, 0.4) is 0 Å². The van der Waals surface area contributed by atoms with Crippen molar-refractivity contribution in [2.24, 2.45) is 5.92 Å². The predicted octanol–water partition coefficient (Wildman–Crippen LogP) is 4.76. The lowest BCUT2D eigenvalue weighted by molar-refractivity contribution is 0.408. The van der Waals surface area contributed by atoms with Crippen LogP contribution in [0, 0.1) is 5.92 Å². The smallest absolute Gasteiger partial charge is 0.00412 e. The predicted molar refractivity (Wildman–Crippen MR) is 74.9 cm³/mol. The van der Waals surface area contributed by atoms with E-state index in [4.69, 9.17) is 0 Å². The van der Waals surface area contributed by atoms with Crippen LogP contribution in [0.5, 0.6) is 0 Å². The minimum absolute atomic E-state index is 0.700. The zero-order valence-electron chi connectivity index (χ0n) is 12.0. The second-order valence-corrected chi connectivity index (χ2v) is 5.37. The molecule has 1 nitrogen and oxygen atoms in total. The van der Waals surface area contributed by atoms with Crippen LogP contribution in [-0.2, 0) is 0 Å². The molecule has 1 heteroatoms. The second-order valence-electron chi connectivity index (χ2n) is 5.37. The average Bonchev–Trinajstić information content (AvgIpc) is 2.27. The third-order valence-electron chi connectivity index (χ3n) is 3.48. The largest absolute Gasteiger partial charge is 0.314 e. The Labute approximate surface area is 103 Å². The molecule has 0 rings (SSSR count). The van der Waals surface area contributed by atoms with Gasteiger partial charge >= 0.3 is 0 Å². The van der Waals surface area contributed by atoms with Gasteiger partial charge in [-0.3, -0.25) is 0 Å². The third-order valence-corrected chi connectivity index (χ3v) is 3.48. The molecule has 0 aliphatic carbocycles. The fraction of sp³-hybridized carbons (Fsp3) is 1.00. The van der Waals surface area contributed by atoms with E-state index in [1.165, 1.54) is 57.9 Å². The number of rotatable bonds is 11. The first-order valence-electron chi connectivity index (χ1n) is 7.44. The van der Waals surface area contributed by atoms with E-state index in [0.717, 1.165) is 5.92 Å². The monoisotopic (exact) mass is 227 g/mol. The highest BCUT2D eigenvalue weighted by Crippen LogP contribution is 2.09. The molecule has 0 bridgehead atoms. The average molecular weight is 227 g/mol. The molecule has 0 heterocycles. The van der Waals surface area contributed by atoms with Gasteiger partial charge in [0.15, 0.2) is 0 Å². The lowest BCUT2D eigenvalue weighted by Crippen LogP contribution is -2.28. The lowest BCUT2D eigenvalue weighted by atomic mass is 10.0. The van der Waals surface area contributed by atoms with Crippen molar-refractivity contribution in [1.82, 2.24) is 5.32 Å². The maximum atomic E-state index is 3.64. The highest BCUT2D eigenvalue weighted by molar-refractivity contribution is 4.64. The van der Waals surface area contributed by atoms with E-state index in [9.17, 15) is 0 Å². The van der Waals surface area contributed by atoms with Gasteiger partial charge in [-0.25, -0.2) is 0 Å². The molecular weight excluding hydrogens is 194 g/mol. The molecule has 1 N–H and O–H groups in total. The maximum Gasteiger partial charge on any atom is 0.00412 e. The Bertz CT molecular complexity index is 133. The minimum atomic E-state index is 0.700. The molecule has 2 atom stereocenters. The first-order chi connectivity index (χ1) is 7.70. The molecule has 0 saturated carbocycles. The van der Waals surface area contributed by atoms with Gasteiger partial charge in [0, 0.05) is 6.04 Å². The molecule has 0 aromatic heterocycles.